The molecule has 0 amide bonds. The zero-order chi connectivity index (χ0) is 16.4. The van der Waals surface area contributed by atoms with E-state index in [1.54, 1.807) is 0 Å². The van der Waals surface area contributed by atoms with E-state index in [1.165, 1.54) is 0 Å². The smallest absolute Gasteiger partial charge is 0.312 e. The Morgan fingerprint density at radius 2 is 2.13 bits per heavy atom. The summed E-state index contributed by atoms with van der Waals surface area (Å²) in [5.41, 5.74) is 2.90. The number of carbonyl (C=O) groups is 2. The topological polar surface area (TPSA) is 64.2 Å². The number of rotatable bonds is 3. The van der Waals surface area contributed by atoms with Gasteiger partial charge in [0.05, 0.1) is 17.0 Å². The number of ketones is 1. The van der Waals surface area contributed by atoms with Gasteiger partial charge in [0.1, 0.15) is 0 Å². The van der Waals surface area contributed by atoms with Gasteiger partial charge in [-0.1, -0.05) is 0 Å². The predicted octanol–water partition coefficient (Wildman–Crippen LogP) is 2.71. The molecule has 2 aliphatic heterocycles. The van der Waals surface area contributed by atoms with Crippen molar-refractivity contribution in [1.82, 2.24) is 9.13 Å². The molecular formula is C18H20N2O3. The number of Topliss-reactive ketones (excluding diaryl/α,β-unsaturated/α-hetero) is 1. The van der Waals surface area contributed by atoms with Gasteiger partial charge in [-0.2, -0.15) is 0 Å². The number of carboxylic acids is 1. The SMILES string of the molecule is Cc1cc2n(c1C(=O)C1(C)CCn3cccc31)CCC2C(=O)O. The summed E-state index contributed by atoms with van der Waals surface area (Å²) >= 11 is 0. The number of aryl methyl sites for hydroxylation is 2. The summed E-state index contributed by atoms with van der Waals surface area (Å²) in [4.78, 5) is 24.8. The number of hydrogen-bond donors (Lipinski definition) is 1. The van der Waals surface area contributed by atoms with E-state index < -0.39 is 17.3 Å². The molecule has 0 saturated carbocycles. The third-order valence-electron chi connectivity index (χ3n) is 5.58. The summed E-state index contributed by atoms with van der Waals surface area (Å²) < 4.78 is 4.08. The number of nitrogens with zero attached hydrogens (tertiary/aromatic N) is 2. The van der Waals surface area contributed by atoms with E-state index in [0.29, 0.717) is 18.7 Å². The van der Waals surface area contributed by atoms with Crippen LogP contribution in [-0.2, 0) is 23.3 Å². The highest BCUT2D eigenvalue weighted by atomic mass is 16.4. The van der Waals surface area contributed by atoms with Gasteiger partial charge >= 0.3 is 5.97 Å². The van der Waals surface area contributed by atoms with Crippen LogP contribution < -0.4 is 0 Å². The Kier molecular flexibility index (Phi) is 2.86. The lowest BCUT2D eigenvalue weighted by atomic mass is 9.79. The Labute approximate surface area is 134 Å². The fourth-order valence-corrected chi connectivity index (χ4v) is 4.27. The third kappa shape index (κ3) is 1.79. The average Bonchev–Trinajstić information content (AvgIpc) is 3.20. The van der Waals surface area contributed by atoms with E-state index in [4.69, 9.17) is 0 Å². The Balaban J connectivity index is 1.80. The standard InChI is InChI=1S/C18H20N2O3/c1-11-10-13-12(17(22)23)5-8-20(13)15(11)16(21)18(2)6-9-19-7-3-4-14(18)19/h3-4,7,10,12H,5-6,8-9H2,1-2H3,(H,22,23). The Morgan fingerprint density at radius 1 is 1.35 bits per heavy atom. The number of carbonyl (C=O) groups excluding carboxylic acids is 1. The quantitative estimate of drug-likeness (QED) is 0.886. The molecule has 2 aliphatic rings. The molecule has 2 atom stereocenters. The maximum absolute atomic E-state index is 13.4. The molecule has 2 unspecified atom stereocenters. The summed E-state index contributed by atoms with van der Waals surface area (Å²) in [7, 11) is 0. The molecule has 23 heavy (non-hydrogen) atoms. The second-order valence-electron chi connectivity index (χ2n) is 6.93. The van der Waals surface area contributed by atoms with Crippen LogP contribution in [0.2, 0.25) is 0 Å². The van der Waals surface area contributed by atoms with Gasteiger partial charge in [-0.3, -0.25) is 9.59 Å². The van der Waals surface area contributed by atoms with Gasteiger partial charge in [0, 0.05) is 30.7 Å². The van der Waals surface area contributed by atoms with Crippen molar-refractivity contribution in [3.8, 4) is 0 Å². The Morgan fingerprint density at radius 3 is 2.87 bits per heavy atom. The Hall–Kier alpha value is -2.30. The monoisotopic (exact) mass is 312 g/mol. The number of fused-ring (bicyclic) bond motifs is 2. The fourth-order valence-electron chi connectivity index (χ4n) is 4.27. The summed E-state index contributed by atoms with van der Waals surface area (Å²) in [5.74, 6) is -1.18. The molecule has 0 saturated heterocycles. The molecule has 1 N–H and O–H groups in total. The molecule has 0 radical (unpaired) electrons. The van der Waals surface area contributed by atoms with Crippen molar-refractivity contribution in [2.45, 2.75) is 51.1 Å². The summed E-state index contributed by atoms with van der Waals surface area (Å²) in [6.07, 6.45) is 3.38. The average molecular weight is 312 g/mol. The molecule has 4 rings (SSSR count). The first-order valence-corrected chi connectivity index (χ1v) is 8.07. The normalized spacial score (nSPS) is 25.4. The van der Waals surface area contributed by atoms with Crippen molar-refractivity contribution in [3.63, 3.8) is 0 Å². The van der Waals surface area contributed by atoms with Crippen molar-refractivity contribution in [2.75, 3.05) is 0 Å². The fraction of sp³-hybridized carbons (Fsp3) is 0.444. The van der Waals surface area contributed by atoms with Gasteiger partial charge in [0.15, 0.2) is 5.78 Å². The number of carboxylic acid groups (broad SMARTS) is 1. The minimum atomic E-state index is -0.804. The maximum atomic E-state index is 13.4. The molecule has 5 heteroatoms. The molecule has 0 bridgehead atoms. The molecule has 0 spiro atoms. The molecule has 0 aliphatic carbocycles. The molecule has 0 fully saturated rings. The zero-order valence-corrected chi connectivity index (χ0v) is 13.4. The highest BCUT2D eigenvalue weighted by Gasteiger charge is 2.44. The lowest BCUT2D eigenvalue weighted by molar-refractivity contribution is -0.138. The van der Waals surface area contributed by atoms with E-state index in [9.17, 15) is 14.7 Å². The largest absolute Gasteiger partial charge is 0.481 e. The third-order valence-corrected chi connectivity index (χ3v) is 5.58. The summed E-state index contributed by atoms with van der Waals surface area (Å²) in [6.45, 7) is 5.39. The highest BCUT2D eigenvalue weighted by molar-refractivity contribution is 6.04. The van der Waals surface area contributed by atoms with E-state index in [2.05, 4.69) is 4.57 Å². The first kappa shape index (κ1) is 14.3. The first-order chi connectivity index (χ1) is 10.9. The van der Waals surface area contributed by atoms with Crippen LogP contribution in [0.15, 0.2) is 24.4 Å². The van der Waals surface area contributed by atoms with Crippen molar-refractivity contribution < 1.29 is 14.7 Å². The van der Waals surface area contributed by atoms with Crippen LogP contribution in [0.4, 0.5) is 0 Å². The van der Waals surface area contributed by atoms with Crippen molar-refractivity contribution in [3.05, 3.63) is 47.0 Å². The van der Waals surface area contributed by atoms with E-state index >= 15 is 0 Å². The van der Waals surface area contributed by atoms with Crippen LogP contribution in [0.1, 0.15) is 53.1 Å². The molecular weight excluding hydrogens is 292 g/mol. The molecule has 2 aromatic rings. The van der Waals surface area contributed by atoms with Gasteiger partial charge in [-0.05, 0) is 50.5 Å². The van der Waals surface area contributed by atoms with Gasteiger partial charge in [-0.15, -0.1) is 0 Å². The van der Waals surface area contributed by atoms with Crippen LogP contribution in [0.5, 0.6) is 0 Å². The van der Waals surface area contributed by atoms with Crippen molar-refractivity contribution in [1.29, 1.82) is 0 Å². The second-order valence-corrected chi connectivity index (χ2v) is 6.93. The Bertz CT molecular complexity index is 829. The molecule has 0 aromatic carbocycles. The molecule has 120 valence electrons. The first-order valence-electron chi connectivity index (χ1n) is 8.07. The summed E-state index contributed by atoms with van der Waals surface area (Å²) in [6, 6.07) is 5.89. The zero-order valence-electron chi connectivity index (χ0n) is 13.4. The van der Waals surface area contributed by atoms with Crippen LogP contribution in [0, 0.1) is 6.92 Å². The number of aromatic nitrogens is 2. The van der Waals surface area contributed by atoms with Crippen molar-refractivity contribution in [2.24, 2.45) is 0 Å². The maximum Gasteiger partial charge on any atom is 0.312 e. The van der Waals surface area contributed by atoms with Gasteiger partial charge in [0.25, 0.3) is 0 Å². The summed E-state index contributed by atoms with van der Waals surface area (Å²) in [5, 5.41) is 9.36. The van der Waals surface area contributed by atoms with Crippen LogP contribution in [-0.4, -0.2) is 26.0 Å². The van der Waals surface area contributed by atoms with Crippen LogP contribution in [0.25, 0.3) is 0 Å². The lowest BCUT2D eigenvalue weighted by Crippen LogP contribution is -2.32. The molecule has 4 heterocycles. The van der Waals surface area contributed by atoms with Crippen LogP contribution >= 0.6 is 0 Å². The van der Waals surface area contributed by atoms with E-state index in [0.717, 1.165) is 29.9 Å². The minimum absolute atomic E-state index is 0.115. The second kappa shape index (κ2) is 4.60. The molecule has 5 nitrogen and oxygen atoms in total. The lowest BCUT2D eigenvalue weighted by Gasteiger charge is -2.23. The van der Waals surface area contributed by atoms with E-state index in [1.807, 2.05) is 42.8 Å². The predicted molar refractivity (Wildman–Crippen MR) is 84.9 cm³/mol. The minimum Gasteiger partial charge on any atom is -0.481 e. The van der Waals surface area contributed by atoms with Crippen molar-refractivity contribution >= 4 is 11.8 Å². The number of aliphatic carboxylic acids is 1. The highest BCUT2D eigenvalue weighted by Crippen LogP contribution is 2.41. The number of hydrogen-bond acceptors (Lipinski definition) is 2. The van der Waals surface area contributed by atoms with Gasteiger partial charge in [0.2, 0.25) is 0 Å². The van der Waals surface area contributed by atoms with Gasteiger partial charge in [-0.25, -0.2) is 0 Å². The van der Waals surface area contributed by atoms with Gasteiger partial charge < -0.3 is 14.2 Å². The van der Waals surface area contributed by atoms with E-state index in [-0.39, 0.29) is 5.78 Å². The van der Waals surface area contributed by atoms with Crippen LogP contribution in [0.3, 0.4) is 0 Å². The molecule has 2 aromatic heterocycles.